The average Bonchev–Trinajstić information content (AvgIpc) is 3.46. The topological polar surface area (TPSA) is 128 Å². The van der Waals surface area contributed by atoms with Gasteiger partial charge in [-0.05, 0) is 41.1 Å². The Morgan fingerprint density at radius 2 is 2.07 bits per heavy atom. The number of nitrogens with zero attached hydrogens (tertiary/aromatic N) is 6. The fraction of sp³-hybridized carbons (Fsp3) is 0.353. The number of anilines is 2. The second-order valence-corrected chi connectivity index (χ2v) is 8.82. The minimum absolute atomic E-state index is 0.0228. The van der Waals surface area contributed by atoms with Gasteiger partial charge in [0.25, 0.3) is 0 Å². The molecule has 0 spiro atoms. The molecule has 0 aliphatic heterocycles. The molecular formula is C17H18N8O2S2. The summed E-state index contributed by atoms with van der Waals surface area (Å²) in [6, 6.07) is 1.17. The average molecular weight is 431 g/mol. The first kappa shape index (κ1) is 19.5. The van der Waals surface area contributed by atoms with Crippen molar-refractivity contribution < 1.29 is 9.59 Å². The van der Waals surface area contributed by atoms with E-state index in [1.54, 1.807) is 30.2 Å². The Kier molecular flexibility index (Phi) is 5.81. The molecule has 29 heavy (non-hydrogen) atoms. The Bertz CT molecular complexity index is 1030. The van der Waals surface area contributed by atoms with Crippen molar-refractivity contribution in [2.24, 2.45) is 13.0 Å². The SMILES string of the molecule is Cn1nnnc1Sc1cnc(NC(=O)Nc2cnccc2C(=O)C2CCCC2)s1. The van der Waals surface area contributed by atoms with E-state index in [1.807, 2.05) is 0 Å². The minimum atomic E-state index is -0.482. The summed E-state index contributed by atoms with van der Waals surface area (Å²) in [4.78, 5) is 33.4. The van der Waals surface area contributed by atoms with Crippen LogP contribution < -0.4 is 10.6 Å². The Balaban J connectivity index is 1.40. The van der Waals surface area contributed by atoms with Crippen LogP contribution in [0.1, 0.15) is 36.0 Å². The number of aryl methyl sites for hydroxylation is 1. The summed E-state index contributed by atoms with van der Waals surface area (Å²) in [5.41, 5.74) is 0.894. The molecule has 3 aromatic heterocycles. The normalized spacial score (nSPS) is 14.1. The van der Waals surface area contributed by atoms with Crippen LogP contribution in [0.15, 0.2) is 34.0 Å². The van der Waals surface area contributed by atoms with Crippen molar-refractivity contribution in [3.8, 4) is 0 Å². The summed E-state index contributed by atoms with van der Waals surface area (Å²) in [6.07, 6.45) is 8.63. The third kappa shape index (κ3) is 4.59. The first-order chi connectivity index (χ1) is 14.1. The smallest absolute Gasteiger partial charge is 0.305 e. The van der Waals surface area contributed by atoms with Gasteiger partial charge in [0.15, 0.2) is 10.9 Å². The number of pyridine rings is 1. The molecule has 4 rings (SSSR count). The Labute approximate surface area is 174 Å². The number of urea groups is 1. The number of hydrogen-bond donors (Lipinski definition) is 2. The summed E-state index contributed by atoms with van der Waals surface area (Å²) in [6.45, 7) is 0. The maximum atomic E-state index is 12.8. The van der Waals surface area contributed by atoms with Crippen molar-refractivity contribution in [2.45, 2.75) is 35.0 Å². The lowest BCUT2D eigenvalue weighted by Gasteiger charge is -2.13. The van der Waals surface area contributed by atoms with Gasteiger partial charge in [0, 0.05) is 24.7 Å². The van der Waals surface area contributed by atoms with Crippen molar-refractivity contribution in [2.75, 3.05) is 10.6 Å². The lowest BCUT2D eigenvalue weighted by molar-refractivity contribution is 0.0923. The maximum absolute atomic E-state index is 12.8. The fourth-order valence-electron chi connectivity index (χ4n) is 3.13. The highest BCUT2D eigenvalue weighted by molar-refractivity contribution is 8.01. The molecule has 150 valence electrons. The molecule has 0 saturated heterocycles. The largest absolute Gasteiger partial charge is 0.325 e. The van der Waals surface area contributed by atoms with Crippen molar-refractivity contribution in [1.82, 2.24) is 30.2 Å². The summed E-state index contributed by atoms with van der Waals surface area (Å²) < 4.78 is 2.38. The van der Waals surface area contributed by atoms with Crippen LogP contribution in [0.4, 0.5) is 15.6 Å². The molecule has 2 amide bonds. The van der Waals surface area contributed by atoms with Gasteiger partial charge in [-0.1, -0.05) is 24.2 Å². The minimum Gasteiger partial charge on any atom is -0.305 e. The van der Waals surface area contributed by atoms with Gasteiger partial charge in [-0.15, -0.1) is 5.10 Å². The van der Waals surface area contributed by atoms with Crippen molar-refractivity contribution in [3.05, 3.63) is 30.2 Å². The second-order valence-electron chi connectivity index (χ2n) is 6.52. The lowest BCUT2D eigenvalue weighted by Crippen LogP contribution is -2.22. The third-order valence-corrected chi connectivity index (χ3v) is 6.58. The number of ketones is 1. The molecule has 3 aromatic rings. The molecule has 10 nitrogen and oxygen atoms in total. The Hall–Kier alpha value is -2.86. The predicted octanol–water partition coefficient (Wildman–Crippen LogP) is 3.23. The Morgan fingerprint density at radius 3 is 2.83 bits per heavy atom. The number of thiazole rings is 1. The van der Waals surface area contributed by atoms with Gasteiger partial charge >= 0.3 is 6.03 Å². The van der Waals surface area contributed by atoms with E-state index >= 15 is 0 Å². The number of Topliss-reactive ketones (excluding diaryl/α,β-unsaturated/α-hetero) is 1. The number of hydrogen-bond acceptors (Lipinski definition) is 9. The van der Waals surface area contributed by atoms with Crippen LogP contribution in [0.25, 0.3) is 0 Å². The molecule has 0 radical (unpaired) electrons. The number of amides is 2. The van der Waals surface area contributed by atoms with Crippen molar-refractivity contribution >= 4 is 45.7 Å². The lowest BCUT2D eigenvalue weighted by atomic mass is 9.96. The highest BCUT2D eigenvalue weighted by atomic mass is 32.2. The van der Waals surface area contributed by atoms with E-state index in [-0.39, 0.29) is 11.7 Å². The number of rotatable bonds is 6. The highest BCUT2D eigenvalue weighted by Crippen LogP contribution is 2.33. The number of aromatic nitrogens is 6. The molecule has 1 aliphatic rings. The van der Waals surface area contributed by atoms with E-state index in [1.165, 1.54) is 29.3 Å². The van der Waals surface area contributed by atoms with E-state index < -0.39 is 6.03 Å². The monoisotopic (exact) mass is 430 g/mol. The second kappa shape index (κ2) is 8.66. The molecule has 3 heterocycles. The van der Waals surface area contributed by atoms with Crippen LogP contribution in [0.2, 0.25) is 0 Å². The van der Waals surface area contributed by atoms with Gasteiger partial charge in [-0.25, -0.2) is 14.5 Å². The van der Waals surface area contributed by atoms with Gasteiger partial charge < -0.3 is 5.32 Å². The first-order valence-electron chi connectivity index (χ1n) is 9.02. The van der Waals surface area contributed by atoms with Crippen LogP contribution >= 0.6 is 23.1 Å². The fourth-order valence-corrected chi connectivity index (χ4v) is 4.83. The molecule has 0 atom stereocenters. The molecule has 12 heteroatoms. The molecular weight excluding hydrogens is 412 g/mol. The van der Waals surface area contributed by atoms with Crippen LogP contribution in [-0.4, -0.2) is 42.0 Å². The van der Waals surface area contributed by atoms with Gasteiger partial charge in [0.2, 0.25) is 5.16 Å². The zero-order valence-corrected chi connectivity index (χ0v) is 17.2. The van der Waals surface area contributed by atoms with Crippen molar-refractivity contribution in [1.29, 1.82) is 0 Å². The predicted molar refractivity (Wildman–Crippen MR) is 108 cm³/mol. The number of tetrazole rings is 1. The van der Waals surface area contributed by atoms with Gasteiger partial charge in [0.05, 0.1) is 22.3 Å². The zero-order chi connectivity index (χ0) is 20.2. The summed E-state index contributed by atoms with van der Waals surface area (Å²) in [7, 11) is 1.74. The maximum Gasteiger partial charge on any atom is 0.325 e. The zero-order valence-electron chi connectivity index (χ0n) is 15.5. The van der Waals surface area contributed by atoms with E-state index in [0.717, 1.165) is 29.9 Å². The molecule has 1 saturated carbocycles. The molecule has 1 aliphatic carbocycles. The van der Waals surface area contributed by atoms with E-state index in [2.05, 4.69) is 36.1 Å². The summed E-state index contributed by atoms with van der Waals surface area (Å²) >= 11 is 2.65. The standard InChI is InChI=1S/C17H18N8O2S2/c1-25-17(22-23-24-25)29-13-9-19-16(28-13)21-15(27)20-12-8-18-7-6-11(12)14(26)10-4-2-3-5-10/h6-10H,2-5H2,1H3,(H2,19,20,21,27). The van der Waals surface area contributed by atoms with Gasteiger partial charge in [-0.2, -0.15) is 0 Å². The van der Waals surface area contributed by atoms with Crippen molar-refractivity contribution in [3.63, 3.8) is 0 Å². The third-order valence-electron chi connectivity index (χ3n) is 4.54. The van der Waals surface area contributed by atoms with E-state index in [4.69, 9.17) is 0 Å². The Morgan fingerprint density at radius 1 is 1.24 bits per heavy atom. The van der Waals surface area contributed by atoms with Gasteiger partial charge in [0.1, 0.15) is 0 Å². The number of nitrogens with one attached hydrogen (secondary N) is 2. The molecule has 0 unspecified atom stereocenters. The van der Waals surface area contributed by atoms with Crippen LogP contribution in [0.5, 0.6) is 0 Å². The first-order valence-corrected chi connectivity index (χ1v) is 10.7. The van der Waals surface area contributed by atoms with E-state index in [0.29, 0.717) is 21.5 Å². The molecule has 0 bridgehead atoms. The number of carbonyl (C=O) groups excluding carboxylic acids is 2. The van der Waals surface area contributed by atoms with E-state index in [9.17, 15) is 9.59 Å². The van der Waals surface area contributed by atoms with Gasteiger partial charge in [-0.3, -0.25) is 15.1 Å². The number of carbonyl (C=O) groups is 2. The van der Waals surface area contributed by atoms with Crippen LogP contribution in [0.3, 0.4) is 0 Å². The van der Waals surface area contributed by atoms with Crippen LogP contribution in [0, 0.1) is 5.92 Å². The van der Waals surface area contributed by atoms with Crippen LogP contribution in [-0.2, 0) is 7.05 Å². The quantitative estimate of drug-likeness (QED) is 0.571. The summed E-state index contributed by atoms with van der Waals surface area (Å²) in [5, 5.41) is 17.7. The summed E-state index contributed by atoms with van der Waals surface area (Å²) in [5.74, 6) is 0.0834. The molecule has 2 N–H and O–H groups in total. The molecule has 0 aromatic carbocycles. The highest BCUT2D eigenvalue weighted by Gasteiger charge is 2.26. The molecule has 1 fully saturated rings.